The summed E-state index contributed by atoms with van der Waals surface area (Å²) in [5.74, 6) is 3.30. The Morgan fingerprint density at radius 2 is 0.939 bits per heavy atom. The molecule has 0 aromatic heterocycles. The van der Waals surface area contributed by atoms with Gasteiger partial charge in [0.05, 0.1) is 16.8 Å². The molecule has 2 aliphatic carbocycles. The maximum Gasteiger partial charge on any atom is 0.0970 e. The number of terminal acetylenes is 1. The van der Waals surface area contributed by atoms with Gasteiger partial charge in [-0.1, -0.05) is 220 Å². The third-order valence-electron chi connectivity index (χ3n) is 14.1. The Bertz CT molecular complexity index is 3330. The third-order valence-corrected chi connectivity index (χ3v) is 14.1. The molecule has 0 heterocycles. The van der Waals surface area contributed by atoms with E-state index in [1.54, 1.807) is 0 Å². The van der Waals surface area contributed by atoms with E-state index in [4.69, 9.17) is 6.42 Å². The number of benzene rings is 9. The predicted octanol–water partition coefficient (Wildman–Crippen LogP) is 16.5. The van der Waals surface area contributed by atoms with E-state index in [-0.39, 0.29) is 5.41 Å². The van der Waals surface area contributed by atoms with Crippen LogP contribution in [0.1, 0.15) is 54.2 Å². The summed E-state index contributed by atoms with van der Waals surface area (Å²) >= 11 is 0. The molecule has 314 valence electrons. The number of nitrogens with zero attached hydrogens (tertiary/aromatic N) is 1. The van der Waals surface area contributed by atoms with Crippen molar-refractivity contribution in [2.75, 3.05) is 4.90 Å². The first-order valence-corrected chi connectivity index (χ1v) is 22.9. The second kappa shape index (κ2) is 16.4. The summed E-state index contributed by atoms with van der Waals surface area (Å²) in [5.41, 5.74) is 21.1. The molecule has 0 unspecified atom stereocenters. The summed E-state index contributed by atoms with van der Waals surface area (Å²) < 4.78 is 0. The van der Waals surface area contributed by atoms with Gasteiger partial charge in [0.2, 0.25) is 0 Å². The lowest BCUT2D eigenvalue weighted by atomic mass is 9.67. The van der Waals surface area contributed by atoms with E-state index in [1.807, 2.05) is 0 Å². The maximum absolute atomic E-state index is 6.91. The summed E-state index contributed by atoms with van der Waals surface area (Å²) in [7, 11) is 0. The first-order valence-electron chi connectivity index (χ1n) is 22.9. The van der Waals surface area contributed by atoms with Gasteiger partial charge in [0.1, 0.15) is 0 Å². The van der Waals surface area contributed by atoms with Crippen molar-refractivity contribution in [3.8, 4) is 56.9 Å². The maximum atomic E-state index is 6.91. The molecular weight excluding hydrogens is 795 g/mol. The van der Waals surface area contributed by atoms with Crippen molar-refractivity contribution >= 4 is 16.9 Å². The number of hydrogen-bond acceptors (Lipinski definition) is 1. The molecule has 2 aliphatic rings. The summed E-state index contributed by atoms with van der Waals surface area (Å²) in [5, 5.41) is 0. The molecule has 66 heavy (non-hydrogen) atoms. The van der Waals surface area contributed by atoms with Crippen molar-refractivity contribution < 1.29 is 0 Å². The molecule has 9 aromatic rings. The van der Waals surface area contributed by atoms with E-state index >= 15 is 0 Å². The van der Waals surface area contributed by atoms with Crippen LogP contribution in [0.2, 0.25) is 0 Å². The highest BCUT2D eigenvalue weighted by Crippen LogP contribution is 2.59. The van der Waals surface area contributed by atoms with Gasteiger partial charge in [0.15, 0.2) is 0 Å². The molecule has 0 radical (unpaired) electrons. The van der Waals surface area contributed by atoms with E-state index in [9.17, 15) is 0 Å². The van der Waals surface area contributed by atoms with Crippen molar-refractivity contribution in [1.82, 2.24) is 0 Å². The van der Waals surface area contributed by atoms with Crippen LogP contribution >= 0.6 is 0 Å². The zero-order valence-corrected chi connectivity index (χ0v) is 37.5. The molecule has 1 nitrogen and oxygen atoms in total. The van der Waals surface area contributed by atoms with Gasteiger partial charge in [0.25, 0.3) is 0 Å². The summed E-state index contributed by atoms with van der Waals surface area (Å²) in [6.07, 6.45) is 9.20. The average Bonchev–Trinajstić information content (AvgIpc) is 3.78. The van der Waals surface area contributed by atoms with Crippen molar-refractivity contribution in [3.63, 3.8) is 0 Å². The van der Waals surface area contributed by atoms with Gasteiger partial charge in [-0.2, -0.15) is 0 Å². The molecule has 0 atom stereocenters. The highest BCUT2D eigenvalue weighted by atomic mass is 15.1. The van der Waals surface area contributed by atoms with Gasteiger partial charge in [0, 0.05) is 16.7 Å². The number of hydrogen-bond donors (Lipinski definition) is 0. The minimum Gasteiger partial charge on any atom is -0.303 e. The molecule has 0 bridgehead atoms. The summed E-state index contributed by atoms with van der Waals surface area (Å²) in [6.45, 7) is 6.89. The van der Waals surface area contributed by atoms with Crippen LogP contribution in [0.3, 0.4) is 0 Å². The lowest BCUT2D eigenvalue weighted by molar-refractivity contribution is 0.653. The number of allylic oxidation sites excluding steroid dienone is 4. The topological polar surface area (TPSA) is 3.24 Å². The first-order chi connectivity index (χ1) is 32.4. The van der Waals surface area contributed by atoms with Gasteiger partial charge < -0.3 is 4.90 Å². The van der Waals surface area contributed by atoms with E-state index in [2.05, 4.69) is 268 Å². The average molecular weight is 844 g/mol. The zero-order valence-electron chi connectivity index (χ0n) is 37.5. The van der Waals surface area contributed by atoms with Crippen LogP contribution < -0.4 is 4.90 Å². The van der Waals surface area contributed by atoms with E-state index < -0.39 is 5.41 Å². The first kappa shape index (κ1) is 40.6. The van der Waals surface area contributed by atoms with E-state index in [0.717, 1.165) is 39.3 Å². The minimum atomic E-state index is -0.620. The van der Waals surface area contributed by atoms with Crippen molar-refractivity contribution in [3.05, 3.63) is 281 Å². The Hall–Kier alpha value is -8.18. The van der Waals surface area contributed by atoms with Gasteiger partial charge >= 0.3 is 0 Å². The normalized spacial score (nSPS) is 14.2. The number of fused-ring (bicyclic) bond motifs is 4. The second-order valence-electron chi connectivity index (χ2n) is 18.0. The fraction of sp³-hybridized carbons (Fsp3) is 0.0769. The second-order valence-corrected chi connectivity index (χ2v) is 18.0. The Morgan fingerprint density at radius 1 is 0.439 bits per heavy atom. The predicted molar refractivity (Wildman–Crippen MR) is 278 cm³/mol. The highest BCUT2D eigenvalue weighted by molar-refractivity contribution is 5.97. The van der Waals surface area contributed by atoms with Crippen molar-refractivity contribution in [2.45, 2.75) is 31.6 Å². The lowest BCUT2D eigenvalue weighted by Crippen LogP contribution is -2.29. The number of rotatable bonds is 9. The Kier molecular flexibility index (Phi) is 10.1. The largest absolute Gasteiger partial charge is 0.303 e. The fourth-order valence-electron chi connectivity index (χ4n) is 10.9. The Labute approximate surface area is 389 Å². The summed E-state index contributed by atoms with van der Waals surface area (Å²) in [4.78, 5) is 2.35. The van der Waals surface area contributed by atoms with E-state index in [1.165, 1.54) is 66.8 Å². The molecule has 0 spiro atoms. The molecule has 0 aliphatic heterocycles. The standard InChI is InChI=1S/C65H49N/c1-5-53(42-61-45(2)55-33-18-20-35-59(55)64(61,3)4)66(54-39-37-48(38-40-54)46-23-10-6-11-24-46)63-44-62-58(43-57(63)50-28-22-27-49(41-50)47-25-12-7-13-26-47)56-34-19-21-36-60(56)65(62,51-29-14-8-15-30-51)52-31-16-9-17-32-52/h1,6-44H,2-4H3/b53-42+. The van der Waals surface area contributed by atoms with Gasteiger partial charge in [-0.15, -0.1) is 6.42 Å². The fourth-order valence-corrected chi connectivity index (χ4v) is 10.9. The molecule has 0 N–H and O–H groups in total. The molecule has 1 heteroatoms. The molecule has 0 amide bonds. The highest BCUT2D eigenvalue weighted by Gasteiger charge is 2.47. The monoisotopic (exact) mass is 843 g/mol. The van der Waals surface area contributed by atoms with Crippen LogP contribution in [0.15, 0.2) is 248 Å². The Morgan fingerprint density at radius 3 is 1.55 bits per heavy atom. The molecular formula is C65H49N. The van der Waals surface area contributed by atoms with Gasteiger partial charge in [-0.25, -0.2) is 0 Å². The smallest absolute Gasteiger partial charge is 0.0970 e. The van der Waals surface area contributed by atoms with Crippen molar-refractivity contribution in [2.24, 2.45) is 0 Å². The van der Waals surface area contributed by atoms with E-state index in [0.29, 0.717) is 0 Å². The molecule has 0 saturated heterocycles. The van der Waals surface area contributed by atoms with Gasteiger partial charge in [-0.3, -0.25) is 0 Å². The third kappa shape index (κ3) is 6.57. The zero-order chi connectivity index (χ0) is 44.8. The lowest BCUT2D eigenvalue weighted by Gasteiger charge is -2.35. The van der Waals surface area contributed by atoms with Crippen LogP contribution in [0.4, 0.5) is 11.4 Å². The summed E-state index contributed by atoms with van der Waals surface area (Å²) in [6, 6.07) is 83.9. The minimum absolute atomic E-state index is 0.270. The molecule has 0 fully saturated rings. The SMILES string of the molecule is C#C/C(=C\C1=C(C)c2ccccc2C1(C)C)N(c1ccc(-c2ccccc2)cc1)c1cc2c(cc1-c1cccc(-c3ccccc3)c1)-c1ccccc1C2(c1ccccc1)c1ccccc1. The molecule has 0 saturated carbocycles. The van der Waals surface area contributed by atoms with Crippen LogP contribution in [-0.2, 0) is 10.8 Å². The van der Waals surface area contributed by atoms with Crippen molar-refractivity contribution in [1.29, 1.82) is 0 Å². The Balaban J connectivity index is 1.25. The number of anilines is 2. The van der Waals surface area contributed by atoms with Crippen LogP contribution in [0.5, 0.6) is 0 Å². The van der Waals surface area contributed by atoms with Crippen LogP contribution in [0, 0.1) is 12.3 Å². The van der Waals surface area contributed by atoms with Gasteiger partial charge in [-0.05, 0) is 127 Å². The molecule has 9 aromatic carbocycles. The van der Waals surface area contributed by atoms with Crippen LogP contribution in [-0.4, -0.2) is 0 Å². The van der Waals surface area contributed by atoms with Crippen LogP contribution in [0.25, 0.3) is 50.1 Å². The molecule has 11 rings (SSSR count). The quantitative estimate of drug-likeness (QED) is 0.131.